The van der Waals surface area contributed by atoms with Crippen LogP contribution in [0.15, 0.2) is 27.9 Å². The number of nitrogen functional groups attached to an aromatic ring is 1. The van der Waals surface area contributed by atoms with Crippen LogP contribution < -0.4 is 15.9 Å². The molecule has 1 saturated heterocycles. The lowest BCUT2D eigenvalue weighted by atomic mass is 9.99. The Balaban J connectivity index is 1.57. The Bertz CT molecular complexity index is 1150. The lowest BCUT2D eigenvalue weighted by Gasteiger charge is -2.30. The first-order valence-corrected chi connectivity index (χ1v) is 10.4. The summed E-state index contributed by atoms with van der Waals surface area (Å²) in [5, 5.41) is 29.5. The maximum Gasteiger partial charge on any atom is 0.293 e. The molecule has 3 heterocycles. The molecule has 13 nitrogen and oxygen atoms in total. The van der Waals surface area contributed by atoms with Crippen LogP contribution in [0, 0.1) is 5.92 Å². The Morgan fingerprint density at radius 1 is 1.39 bits per heavy atom. The van der Waals surface area contributed by atoms with Gasteiger partial charge in [-0.2, -0.15) is 9.78 Å². The second-order valence-electron chi connectivity index (χ2n) is 7.83. The third-order valence-electron chi connectivity index (χ3n) is 5.54. The molecule has 1 aromatic carbocycles. The van der Waals surface area contributed by atoms with Gasteiger partial charge in [0.25, 0.3) is 5.91 Å². The molecule has 1 amide bonds. The number of hydrogen-bond donors (Lipinski definition) is 3. The normalized spacial score (nSPS) is 15.2. The molecule has 13 heteroatoms. The minimum atomic E-state index is -0.574. The minimum Gasteiger partial charge on any atom is -0.504 e. The van der Waals surface area contributed by atoms with Crippen LogP contribution in [0.3, 0.4) is 0 Å². The van der Waals surface area contributed by atoms with Crippen molar-refractivity contribution < 1.29 is 19.3 Å². The Morgan fingerprint density at radius 3 is 2.88 bits per heavy atom. The molecule has 1 fully saturated rings. The lowest BCUT2D eigenvalue weighted by molar-refractivity contribution is 0.0946. The van der Waals surface area contributed by atoms with Gasteiger partial charge in [-0.25, -0.2) is 10.1 Å². The molecule has 2 aromatic heterocycles. The SMILES string of the molecule is COc1cccc(/C=N/NC(=O)c2nnn(-c3nonc3N)c2CN2CCC(C)CC2)c1O. The molecule has 0 radical (unpaired) electrons. The number of piperidine rings is 1. The van der Waals surface area contributed by atoms with Crippen LogP contribution in [-0.4, -0.2) is 67.6 Å². The van der Waals surface area contributed by atoms with E-state index in [1.54, 1.807) is 18.2 Å². The van der Waals surface area contributed by atoms with Crippen molar-refractivity contribution in [3.63, 3.8) is 0 Å². The maximum absolute atomic E-state index is 12.9. The number of rotatable bonds is 7. The molecule has 174 valence electrons. The number of carbonyl (C=O) groups is 1. The number of nitrogens with one attached hydrogen (secondary N) is 1. The Labute approximate surface area is 189 Å². The number of ether oxygens (including phenoxy) is 1. The van der Waals surface area contributed by atoms with Gasteiger partial charge in [-0.05, 0) is 54.3 Å². The summed E-state index contributed by atoms with van der Waals surface area (Å²) in [6.45, 7) is 4.40. The first-order valence-electron chi connectivity index (χ1n) is 10.4. The zero-order chi connectivity index (χ0) is 23.4. The summed E-state index contributed by atoms with van der Waals surface area (Å²) in [6, 6.07) is 4.94. The average Bonchev–Trinajstić information content (AvgIpc) is 3.42. The number of nitrogens with two attached hydrogens (primary N) is 1. The topological polar surface area (TPSA) is 170 Å². The number of carbonyl (C=O) groups excluding carboxylic acids is 1. The van der Waals surface area contributed by atoms with Gasteiger partial charge in [-0.15, -0.1) is 5.10 Å². The predicted molar refractivity (Wildman–Crippen MR) is 117 cm³/mol. The van der Waals surface area contributed by atoms with E-state index in [1.807, 2.05) is 0 Å². The number of hydrogen-bond acceptors (Lipinski definition) is 11. The van der Waals surface area contributed by atoms with Gasteiger partial charge in [0.2, 0.25) is 11.6 Å². The highest BCUT2D eigenvalue weighted by atomic mass is 16.6. The summed E-state index contributed by atoms with van der Waals surface area (Å²) >= 11 is 0. The molecule has 4 N–H and O–H groups in total. The lowest BCUT2D eigenvalue weighted by Crippen LogP contribution is -2.34. The number of phenolic OH excluding ortho intramolecular Hbond substituents is 1. The van der Waals surface area contributed by atoms with E-state index in [0.717, 1.165) is 25.9 Å². The molecule has 33 heavy (non-hydrogen) atoms. The predicted octanol–water partition coefficient (Wildman–Crippen LogP) is 0.942. The number of para-hydroxylation sites is 1. The summed E-state index contributed by atoms with van der Waals surface area (Å²) in [6.07, 6.45) is 3.43. The van der Waals surface area contributed by atoms with Crippen LogP contribution >= 0.6 is 0 Å². The van der Waals surface area contributed by atoms with Crippen LogP contribution in [0.1, 0.15) is 41.5 Å². The number of anilines is 1. The van der Waals surface area contributed by atoms with E-state index >= 15 is 0 Å². The summed E-state index contributed by atoms with van der Waals surface area (Å²) in [5.41, 5.74) is 9.20. The molecule has 0 spiro atoms. The molecule has 0 atom stereocenters. The van der Waals surface area contributed by atoms with Gasteiger partial charge < -0.3 is 15.6 Å². The van der Waals surface area contributed by atoms with E-state index < -0.39 is 5.91 Å². The zero-order valence-corrected chi connectivity index (χ0v) is 18.3. The maximum atomic E-state index is 12.9. The summed E-state index contributed by atoms with van der Waals surface area (Å²) < 4.78 is 11.1. The van der Waals surface area contributed by atoms with E-state index in [-0.39, 0.29) is 23.1 Å². The molecule has 0 aliphatic carbocycles. The number of aromatic hydroxyl groups is 1. The third kappa shape index (κ3) is 4.77. The number of phenols is 1. The van der Waals surface area contributed by atoms with Gasteiger partial charge in [-0.3, -0.25) is 9.69 Å². The van der Waals surface area contributed by atoms with Gasteiger partial charge in [0.15, 0.2) is 17.2 Å². The Morgan fingerprint density at radius 2 is 2.18 bits per heavy atom. The molecule has 4 rings (SSSR count). The van der Waals surface area contributed by atoms with Crippen LogP contribution in [0.25, 0.3) is 5.82 Å². The molecule has 1 aliphatic rings. The summed E-state index contributed by atoms with van der Waals surface area (Å²) in [5.74, 6) is 0.488. The molecular formula is C20H25N9O4. The summed E-state index contributed by atoms with van der Waals surface area (Å²) in [7, 11) is 1.45. The third-order valence-corrected chi connectivity index (χ3v) is 5.54. The van der Waals surface area contributed by atoms with Crippen LogP contribution in [0.5, 0.6) is 11.5 Å². The van der Waals surface area contributed by atoms with Gasteiger partial charge in [0.05, 0.1) is 19.0 Å². The van der Waals surface area contributed by atoms with Gasteiger partial charge >= 0.3 is 0 Å². The second-order valence-corrected chi connectivity index (χ2v) is 7.83. The molecular weight excluding hydrogens is 430 g/mol. The van der Waals surface area contributed by atoms with Crippen LogP contribution in [0.2, 0.25) is 0 Å². The number of benzene rings is 1. The number of nitrogens with zero attached hydrogens (tertiary/aromatic N) is 7. The van der Waals surface area contributed by atoms with E-state index in [1.165, 1.54) is 18.0 Å². The second kappa shape index (κ2) is 9.65. The van der Waals surface area contributed by atoms with E-state index in [2.05, 4.69) is 47.6 Å². The van der Waals surface area contributed by atoms with Crippen molar-refractivity contribution in [2.75, 3.05) is 25.9 Å². The number of aromatic nitrogens is 5. The number of hydrazone groups is 1. The zero-order valence-electron chi connectivity index (χ0n) is 18.3. The molecule has 0 bridgehead atoms. The molecule has 0 saturated carbocycles. The van der Waals surface area contributed by atoms with Crippen molar-refractivity contribution in [3.05, 3.63) is 35.2 Å². The van der Waals surface area contributed by atoms with E-state index in [4.69, 9.17) is 10.5 Å². The van der Waals surface area contributed by atoms with Crippen molar-refractivity contribution in [1.82, 2.24) is 35.6 Å². The highest BCUT2D eigenvalue weighted by Gasteiger charge is 2.26. The smallest absolute Gasteiger partial charge is 0.293 e. The minimum absolute atomic E-state index is 0.0342. The number of likely N-dealkylation sites (tertiary alicyclic amines) is 1. The quantitative estimate of drug-likeness (QED) is 0.344. The summed E-state index contributed by atoms with van der Waals surface area (Å²) in [4.78, 5) is 15.1. The van der Waals surface area contributed by atoms with Crippen molar-refractivity contribution in [2.24, 2.45) is 11.0 Å². The average molecular weight is 455 g/mol. The standard InChI is InChI=1S/C20H25N9O4/c1-12-6-8-28(9-7-12)11-14-16(23-27-29(14)19-18(21)25-33-26-19)20(31)24-22-10-13-4-3-5-15(32-2)17(13)30/h3-5,10,12,30H,6-9,11H2,1-2H3,(H2,21,25)(H,24,31)/b22-10+. The highest BCUT2D eigenvalue weighted by Crippen LogP contribution is 2.28. The number of methoxy groups -OCH3 is 1. The first kappa shape index (κ1) is 22.2. The fraction of sp³-hybridized carbons (Fsp3) is 0.400. The van der Waals surface area contributed by atoms with Crippen molar-refractivity contribution in [1.29, 1.82) is 0 Å². The Hall–Kier alpha value is -4.00. The van der Waals surface area contributed by atoms with Crippen molar-refractivity contribution >= 4 is 17.9 Å². The van der Waals surface area contributed by atoms with Gasteiger partial charge in [0.1, 0.15) is 0 Å². The molecule has 1 aliphatic heterocycles. The van der Waals surface area contributed by atoms with Crippen molar-refractivity contribution in [3.8, 4) is 17.3 Å². The van der Waals surface area contributed by atoms with Crippen molar-refractivity contribution in [2.45, 2.75) is 26.3 Å². The molecule has 3 aromatic rings. The highest BCUT2D eigenvalue weighted by molar-refractivity contribution is 5.94. The largest absolute Gasteiger partial charge is 0.504 e. The van der Waals surface area contributed by atoms with Crippen LogP contribution in [0.4, 0.5) is 5.82 Å². The monoisotopic (exact) mass is 455 g/mol. The van der Waals surface area contributed by atoms with Gasteiger partial charge in [0, 0.05) is 12.1 Å². The molecule has 0 unspecified atom stereocenters. The number of amides is 1. The van der Waals surface area contributed by atoms with Crippen LogP contribution in [-0.2, 0) is 6.54 Å². The Kier molecular flexibility index (Phi) is 6.49. The van der Waals surface area contributed by atoms with Gasteiger partial charge in [-0.1, -0.05) is 18.2 Å². The fourth-order valence-electron chi connectivity index (χ4n) is 3.58. The first-order chi connectivity index (χ1) is 16.0. The van der Waals surface area contributed by atoms with E-state index in [9.17, 15) is 9.90 Å². The van der Waals surface area contributed by atoms with E-state index in [0.29, 0.717) is 29.5 Å². The fourth-order valence-corrected chi connectivity index (χ4v) is 3.58.